The largest absolute Gasteiger partial charge is 0.466 e. The van der Waals surface area contributed by atoms with Gasteiger partial charge in [0.15, 0.2) is 0 Å². The summed E-state index contributed by atoms with van der Waals surface area (Å²) in [4.78, 5) is 47.2. The first-order chi connectivity index (χ1) is 14.0. The van der Waals surface area contributed by atoms with Crippen LogP contribution >= 0.6 is 0 Å². The van der Waals surface area contributed by atoms with Crippen molar-refractivity contribution < 1.29 is 14.3 Å². The molecule has 154 valence electrons. The van der Waals surface area contributed by atoms with Gasteiger partial charge in [-0.25, -0.2) is 4.98 Å². The molecule has 4 rings (SSSR count). The number of aromatic nitrogens is 2. The third-order valence-corrected chi connectivity index (χ3v) is 6.59. The number of fused-ring (bicyclic) bond motifs is 3. The number of amides is 1. The van der Waals surface area contributed by atoms with Crippen molar-refractivity contribution in [2.75, 3.05) is 6.61 Å². The van der Waals surface area contributed by atoms with Gasteiger partial charge in [0.2, 0.25) is 5.91 Å². The van der Waals surface area contributed by atoms with E-state index in [9.17, 15) is 14.4 Å². The van der Waals surface area contributed by atoms with E-state index in [1.807, 2.05) is 36.9 Å². The van der Waals surface area contributed by atoms with E-state index in [2.05, 4.69) is 9.97 Å². The van der Waals surface area contributed by atoms with Gasteiger partial charge in [-0.15, -0.1) is 0 Å². The summed E-state index contributed by atoms with van der Waals surface area (Å²) in [5.41, 5.74) is 0.925. The van der Waals surface area contributed by atoms with E-state index < -0.39 is 5.41 Å². The van der Waals surface area contributed by atoms with Crippen LogP contribution in [-0.2, 0) is 20.7 Å². The van der Waals surface area contributed by atoms with E-state index in [-0.39, 0.29) is 42.4 Å². The first-order valence-electron chi connectivity index (χ1n) is 10.5. The molecule has 0 spiro atoms. The van der Waals surface area contributed by atoms with Gasteiger partial charge < -0.3 is 14.6 Å². The summed E-state index contributed by atoms with van der Waals surface area (Å²) >= 11 is 0. The van der Waals surface area contributed by atoms with Crippen LogP contribution in [0.15, 0.2) is 29.1 Å². The first-order valence-corrected chi connectivity index (χ1v) is 10.5. The number of hydrogen-bond donors (Lipinski definition) is 1. The number of aryl methyl sites for hydroxylation is 1. The van der Waals surface area contributed by atoms with Crippen molar-refractivity contribution >= 4 is 22.9 Å². The Morgan fingerprint density at radius 3 is 2.83 bits per heavy atom. The third kappa shape index (κ3) is 3.22. The Hall–Kier alpha value is -2.70. The molecule has 2 aliphatic heterocycles. The lowest BCUT2D eigenvalue weighted by atomic mass is 9.72. The summed E-state index contributed by atoms with van der Waals surface area (Å²) < 4.78 is 5.35. The fraction of sp³-hybridized carbons (Fsp3) is 0.545. The highest BCUT2D eigenvalue weighted by atomic mass is 16.5. The van der Waals surface area contributed by atoms with Crippen molar-refractivity contribution in [1.82, 2.24) is 14.9 Å². The maximum absolute atomic E-state index is 13.1. The summed E-state index contributed by atoms with van der Waals surface area (Å²) in [5.74, 6) is -0.188. The lowest BCUT2D eigenvalue weighted by Crippen LogP contribution is -2.45. The molecule has 7 heteroatoms. The van der Waals surface area contributed by atoms with Crippen LogP contribution in [0.1, 0.15) is 51.6 Å². The average molecular weight is 397 g/mol. The molecule has 0 unspecified atom stereocenters. The second kappa shape index (κ2) is 7.61. The Morgan fingerprint density at radius 2 is 2.07 bits per heavy atom. The summed E-state index contributed by atoms with van der Waals surface area (Å²) in [6.07, 6.45) is 3.60. The summed E-state index contributed by atoms with van der Waals surface area (Å²) in [6.45, 7) is 4.16. The van der Waals surface area contributed by atoms with E-state index in [1.165, 1.54) is 0 Å². The molecular weight excluding hydrogens is 370 g/mol. The maximum Gasteiger partial charge on any atom is 0.314 e. The molecule has 1 aromatic carbocycles. The Balaban J connectivity index is 1.50. The molecule has 1 aromatic heterocycles. The molecule has 2 bridgehead atoms. The third-order valence-electron chi connectivity index (χ3n) is 6.59. The second-order valence-corrected chi connectivity index (χ2v) is 8.01. The molecule has 2 fully saturated rings. The van der Waals surface area contributed by atoms with Crippen molar-refractivity contribution in [3.8, 4) is 0 Å². The quantitative estimate of drug-likeness (QED) is 0.757. The number of hydrogen-bond acceptors (Lipinski definition) is 5. The van der Waals surface area contributed by atoms with Gasteiger partial charge in [0.05, 0.1) is 23.1 Å². The zero-order valence-electron chi connectivity index (χ0n) is 16.9. The lowest BCUT2D eigenvalue weighted by Gasteiger charge is -2.34. The van der Waals surface area contributed by atoms with Gasteiger partial charge in [-0.2, -0.15) is 0 Å². The van der Waals surface area contributed by atoms with E-state index >= 15 is 0 Å². The van der Waals surface area contributed by atoms with Crippen molar-refractivity contribution in [3.05, 3.63) is 40.3 Å². The van der Waals surface area contributed by atoms with Gasteiger partial charge in [-0.05, 0) is 44.7 Å². The molecule has 2 saturated heterocycles. The van der Waals surface area contributed by atoms with Crippen molar-refractivity contribution in [3.63, 3.8) is 0 Å². The minimum atomic E-state index is -0.590. The molecule has 3 atom stereocenters. The van der Waals surface area contributed by atoms with Crippen molar-refractivity contribution in [2.45, 2.75) is 64.5 Å². The molecule has 0 radical (unpaired) electrons. The zero-order valence-corrected chi connectivity index (χ0v) is 16.9. The Kier molecular flexibility index (Phi) is 5.15. The average Bonchev–Trinajstić information content (AvgIpc) is 3.28. The summed E-state index contributed by atoms with van der Waals surface area (Å²) in [6, 6.07) is 7.33. The van der Waals surface area contributed by atoms with Gasteiger partial charge in [0.1, 0.15) is 5.69 Å². The van der Waals surface area contributed by atoms with Gasteiger partial charge in [0, 0.05) is 24.9 Å². The number of nitrogens with zero attached hydrogens (tertiary/aromatic N) is 2. The van der Waals surface area contributed by atoms with Crippen molar-refractivity contribution in [1.29, 1.82) is 0 Å². The first kappa shape index (κ1) is 19.6. The van der Waals surface area contributed by atoms with E-state index in [0.717, 1.165) is 12.8 Å². The topological polar surface area (TPSA) is 92.4 Å². The maximum atomic E-state index is 13.1. The number of H-pyrrole nitrogens is 1. The van der Waals surface area contributed by atoms with Crippen LogP contribution in [0.3, 0.4) is 0 Å². The number of aromatic amines is 1. The minimum Gasteiger partial charge on any atom is -0.466 e. The Labute approximate surface area is 169 Å². The van der Waals surface area contributed by atoms with Crippen LogP contribution in [0.5, 0.6) is 0 Å². The van der Waals surface area contributed by atoms with E-state index in [0.29, 0.717) is 36.2 Å². The Bertz CT molecular complexity index is 1000. The highest BCUT2D eigenvalue weighted by Crippen LogP contribution is 2.52. The number of para-hydroxylation sites is 2. The SMILES string of the molecule is CCOC(=O)[C@@]1(CC)C[C@H]2CC[C@@H]1N2C(=O)CCc1nc2ccccc2[nH]c1=O. The molecular formula is C22H27N3O4. The summed E-state index contributed by atoms with van der Waals surface area (Å²) in [7, 11) is 0. The highest BCUT2D eigenvalue weighted by Gasteiger charge is 2.60. The second-order valence-electron chi connectivity index (χ2n) is 8.01. The fourth-order valence-electron chi connectivity index (χ4n) is 5.17. The van der Waals surface area contributed by atoms with Gasteiger partial charge >= 0.3 is 5.97 Å². The predicted octanol–water partition coefficient (Wildman–Crippen LogP) is 2.58. The van der Waals surface area contributed by atoms with Crippen LogP contribution < -0.4 is 5.56 Å². The fourth-order valence-corrected chi connectivity index (χ4v) is 5.17. The van der Waals surface area contributed by atoms with E-state index in [4.69, 9.17) is 4.74 Å². The number of carbonyl (C=O) groups excluding carboxylic acids is 2. The van der Waals surface area contributed by atoms with Gasteiger partial charge in [-0.1, -0.05) is 19.1 Å². The molecule has 2 aliphatic rings. The monoisotopic (exact) mass is 397 g/mol. The zero-order chi connectivity index (χ0) is 20.6. The molecule has 0 aliphatic carbocycles. The molecule has 3 heterocycles. The highest BCUT2D eigenvalue weighted by molar-refractivity contribution is 5.84. The van der Waals surface area contributed by atoms with Gasteiger partial charge in [0.25, 0.3) is 5.56 Å². The predicted molar refractivity (Wildman–Crippen MR) is 108 cm³/mol. The number of benzene rings is 1. The normalized spacial score (nSPS) is 25.5. The number of ether oxygens (including phenoxy) is 1. The molecule has 1 amide bonds. The van der Waals surface area contributed by atoms with Crippen LogP contribution in [0.25, 0.3) is 11.0 Å². The lowest BCUT2D eigenvalue weighted by molar-refractivity contribution is -0.158. The van der Waals surface area contributed by atoms with Crippen LogP contribution in [0.2, 0.25) is 0 Å². The summed E-state index contributed by atoms with van der Waals surface area (Å²) in [5, 5.41) is 0. The van der Waals surface area contributed by atoms with Crippen molar-refractivity contribution in [2.24, 2.45) is 5.41 Å². The standard InChI is InChI=1S/C22H27N3O4/c1-3-22(21(28)29-4-2)13-14-9-11-18(22)25(14)19(26)12-10-17-20(27)24-16-8-6-5-7-15(16)23-17/h5-8,14,18H,3-4,9-13H2,1-2H3,(H,24,27)/t14-,18+,22+/m1/s1. The van der Waals surface area contributed by atoms with Crippen LogP contribution in [0.4, 0.5) is 0 Å². The minimum absolute atomic E-state index is 0.00789. The number of carbonyl (C=O) groups is 2. The molecule has 29 heavy (non-hydrogen) atoms. The number of rotatable bonds is 6. The Morgan fingerprint density at radius 1 is 1.28 bits per heavy atom. The van der Waals surface area contributed by atoms with Crippen LogP contribution in [-0.4, -0.2) is 45.4 Å². The molecule has 1 N–H and O–H groups in total. The number of esters is 1. The van der Waals surface area contributed by atoms with Gasteiger partial charge in [-0.3, -0.25) is 14.4 Å². The smallest absolute Gasteiger partial charge is 0.314 e. The molecule has 2 aromatic rings. The molecule has 7 nitrogen and oxygen atoms in total. The number of nitrogens with one attached hydrogen (secondary N) is 1. The van der Waals surface area contributed by atoms with E-state index in [1.54, 1.807) is 6.07 Å². The molecule has 0 saturated carbocycles. The van der Waals surface area contributed by atoms with Crippen LogP contribution in [0, 0.1) is 5.41 Å².